The van der Waals surface area contributed by atoms with Crippen LogP contribution in [0, 0.1) is 0 Å². The third-order valence-electron chi connectivity index (χ3n) is 6.45. The summed E-state index contributed by atoms with van der Waals surface area (Å²) in [5, 5.41) is 8.82. The highest BCUT2D eigenvalue weighted by molar-refractivity contribution is 6.33. The number of nitrogens with one attached hydrogen (secondary N) is 1. The molecule has 0 unspecified atom stereocenters. The second-order valence-electron chi connectivity index (χ2n) is 8.41. The summed E-state index contributed by atoms with van der Waals surface area (Å²) in [6.07, 6.45) is 0. The molecule has 2 aromatic heterocycles. The van der Waals surface area contributed by atoms with Gasteiger partial charge in [-0.25, -0.2) is 0 Å². The molecule has 0 aliphatic heterocycles. The SMILES string of the molecule is Clc1ccccc1Nc1cccc2c1c1ccc3oc4ccccc4c3c1n2-c1ccccc1. The first-order valence-electron chi connectivity index (χ1n) is 11.2. The number of nitrogens with zero attached hydrogens (tertiary/aromatic N) is 1. The van der Waals surface area contributed by atoms with E-state index in [4.69, 9.17) is 16.0 Å². The van der Waals surface area contributed by atoms with Gasteiger partial charge in [-0.2, -0.15) is 0 Å². The number of hydrogen-bond donors (Lipinski definition) is 1. The van der Waals surface area contributed by atoms with Gasteiger partial charge in [-0.1, -0.05) is 66.2 Å². The van der Waals surface area contributed by atoms with Crippen molar-refractivity contribution in [3.63, 3.8) is 0 Å². The number of hydrogen-bond acceptors (Lipinski definition) is 2. The Balaban J connectivity index is 1.66. The molecule has 3 nitrogen and oxygen atoms in total. The van der Waals surface area contributed by atoms with Gasteiger partial charge in [0.1, 0.15) is 11.2 Å². The van der Waals surface area contributed by atoms with E-state index < -0.39 is 0 Å². The molecule has 0 saturated heterocycles. The van der Waals surface area contributed by atoms with E-state index in [1.807, 2.05) is 42.5 Å². The fourth-order valence-corrected chi connectivity index (χ4v) is 5.20. The number of fused-ring (bicyclic) bond motifs is 7. The Labute approximate surface area is 200 Å². The van der Waals surface area contributed by atoms with E-state index >= 15 is 0 Å². The first-order chi connectivity index (χ1) is 16.8. The summed E-state index contributed by atoms with van der Waals surface area (Å²) in [5.41, 5.74) is 7.03. The molecule has 0 saturated carbocycles. The van der Waals surface area contributed by atoms with Crippen molar-refractivity contribution in [2.75, 3.05) is 5.32 Å². The van der Waals surface area contributed by atoms with Gasteiger partial charge in [0.2, 0.25) is 0 Å². The number of rotatable bonds is 3. The van der Waals surface area contributed by atoms with Crippen LogP contribution in [-0.4, -0.2) is 4.57 Å². The summed E-state index contributed by atoms with van der Waals surface area (Å²) < 4.78 is 8.58. The van der Waals surface area contributed by atoms with Gasteiger partial charge in [-0.05, 0) is 54.6 Å². The predicted molar refractivity (Wildman–Crippen MR) is 143 cm³/mol. The maximum atomic E-state index is 6.49. The molecule has 0 aliphatic carbocycles. The number of aromatic nitrogens is 1. The molecule has 34 heavy (non-hydrogen) atoms. The monoisotopic (exact) mass is 458 g/mol. The fourth-order valence-electron chi connectivity index (χ4n) is 5.02. The van der Waals surface area contributed by atoms with Gasteiger partial charge < -0.3 is 14.3 Å². The van der Waals surface area contributed by atoms with Crippen LogP contribution in [0.5, 0.6) is 0 Å². The molecule has 0 bridgehead atoms. The van der Waals surface area contributed by atoms with Gasteiger partial charge in [0, 0.05) is 27.5 Å². The zero-order chi connectivity index (χ0) is 22.6. The molecule has 7 aromatic rings. The molecule has 1 N–H and O–H groups in total. The average Bonchev–Trinajstić information content (AvgIpc) is 3.42. The first-order valence-corrected chi connectivity index (χ1v) is 11.6. The van der Waals surface area contributed by atoms with Crippen molar-refractivity contribution in [1.82, 2.24) is 4.57 Å². The minimum absolute atomic E-state index is 0.689. The van der Waals surface area contributed by atoms with E-state index in [0.29, 0.717) is 5.02 Å². The van der Waals surface area contributed by atoms with Crippen LogP contribution in [-0.2, 0) is 0 Å². The zero-order valence-electron chi connectivity index (χ0n) is 18.1. The zero-order valence-corrected chi connectivity index (χ0v) is 18.9. The third kappa shape index (κ3) is 2.77. The van der Waals surface area contributed by atoms with Crippen LogP contribution in [0.15, 0.2) is 114 Å². The molecule has 5 aromatic carbocycles. The van der Waals surface area contributed by atoms with Crippen molar-refractivity contribution < 1.29 is 4.42 Å². The summed E-state index contributed by atoms with van der Waals surface area (Å²) >= 11 is 6.49. The van der Waals surface area contributed by atoms with Gasteiger partial charge in [-0.15, -0.1) is 0 Å². The lowest BCUT2D eigenvalue weighted by atomic mass is 10.1. The normalized spacial score (nSPS) is 11.7. The molecule has 0 amide bonds. The maximum absolute atomic E-state index is 6.49. The van der Waals surface area contributed by atoms with E-state index in [1.165, 1.54) is 0 Å². The van der Waals surface area contributed by atoms with Crippen LogP contribution >= 0.6 is 11.6 Å². The molecule has 0 aliphatic rings. The minimum Gasteiger partial charge on any atom is -0.456 e. The van der Waals surface area contributed by atoms with Crippen molar-refractivity contribution in [3.8, 4) is 5.69 Å². The number of para-hydroxylation sites is 3. The molecule has 0 spiro atoms. The minimum atomic E-state index is 0.689. The largest absolute Gasteiger partial charge is 0.456 e. The Morgan fingerprint density at radius 1 is 0.588 bits per heavy atom. The van der Waals surface area contributed by atoms with Crippen LogP contribution in [0.25, 0.3) is 49.4 Å². The lowest BCUT2D eigenvalue weighted by Gasteiger charge is -2.11. The van der Waals surface area contributed by atoms with Crippen molar-refractivity contribution >= 4 is 66.7 Å². The van der Waals surface area contributed by atoms with Crippen molar-refractivity contribution in [3.05, 3.63) is 114 Å². The standard InChI is InChI=1S/C30H19ClN2O/c31-22-12-5-6-13-23(22)32-24-14-8-15-25-28(24)21-17-18-27-29(20-11-4-7-16-26(20)34-27)30(21)33(25)19-9-2-1-3-10-19/h1-18,32H. The molecule has 0 fully saturated rings. The number of halogens is 1. The smallest absolute Gasteiger partial charge is 0.137 e. The van der Waals surface area contributed by atoms with Gasteiger partial charge in [0.15, 0.2) is 0 Å². The molecular formula is C30H19ClN2O. The summed E-state index contributed by atoms with van der Waals surface area (Å²) in [6, 6.07) is 37.2. The maximum Gasteiger partial charge on any atom is 0.137 e. The number of furan rings is 1. The Morgan fingerprint density at radius 3 is 2.24 bits per heavy atom. The van der Waals surface area contributed by atoms with Gasteiger partial charge in [-0.3, -0.25) is 0 Å². The summed E-state index contributed by atoms with van der Waals surface area (Å²) in [5.74, 6) is 0. The summed E-state index contributed by atoms with van der Waals surface area (Å²) in [4.78, 5) is 0. The molecular weight excluding hydrogens is 440 g/mol. The van der Waals surface area contributed by atoms with Crippen LogP contribution in [0.1, 0.15) is 0 Å². The Morgan fingerprint density at radius 2 is 1.35 bits per heavy atom. The van der Waals surface area contributed by atoms with E-state index in [0.717, 1.165) is 60.8 Å². The first kappa shape index (κ1) is 19.3. The lowest BCUT2D eigenvalue weighted by molar-refractivity contribution is 0.669. The fraction of sp³-hybridized carbons (Fsp3) is 0. The van der Waals surface area contributed by atoms with E-state index in [1.54, 1.807) is 0 Å². The van der Waals surface area contributed by atoms with E-state index in [9.17, 15) is 0 Å². The third-order valence-corrected chi connectivity index (χ3v) is 6.78. The van der Waals surface area contributed by atoms with Crippen molar-refractivity contribution in [1.29, 1.82) is 0 Å². The average molecular weight is 459 g/mol. The molecule has 162 valence electrons. The molecule has 0 radical (unpaired) electrons. The molecule has 4 heteroatoms. The Hall–Kier alpha value is -4.21. The highest BCUT2D eigenvalue weighted by Crippen LogP contribution is 2.43. The van der Waals surface area contributed by atoms with Crippen LogP contribution < -0.4 is 5.32 Å². The molecule has 2 heterocycles. The Bertz CT molecular complexity index is 1850. The summed E-state index contributed by atoms with van der Waals surface area (Å²) in [7, 11) is 0. The van der Waals surface area contributed by atoms with Crippen molar-refractivity contribution in [2.45, 2.75) is 0 Å². The Kier molecular flexibility index (Phi) is 4.20. The van der Waals surface area contributed by atoms with Crippen LogP contribution in [0.2, 0.25) is 5.02 Å². The van der Waals surface area contributed by atoms with Crippen LogP contribution in [0.3, 0.4) is 0 Å². The van der Waals surface area contributed by atoms with E-state index in [2.05, 4.69) is 76.6 Å². The molecule has 0 atom stereocenters. The van der Waals surface area contributed by atoms with Gasteiger partial charge in [0.05, 0.1) is 27.1 Å². The highest BCUT2D eigenvalue weighted by Gasteiger charge is 2.20. The van der Waals surface area contributed by atoms with Gasteiger partial charge >= 0.3 is 0 Å². The quantitative estimate of drug-likeness (QED) is 0.286. The second kappa shape index (κ2) is 7.41. The second-order valence-corrected chi connectivity index (χ2v) is 8.82. The number of benzene rings is 5. The van der Waals surface area contributed by atoms with Gasteiger partial charge in [0.25, 0.3) is 0 Å². The topological polar surface area (TPSA) is 30.1 Å². The van der Waals surface area contributed by atoms with E-state index in [-0.39, 0.29) is 0 Å². The van der Waals surface area contributed by atoms with Crippen molar-refractivity contribution in [2.24, 2.45) is 0 Å². The lowest BCUT2D eigenvalue weighted by Crippen LogP contribution is -1.95. The predicted octanol–water partition coefficient (Wildman–Crippen LogP) is 9.08. The number of anilines is 2. The summed E-state index contributed by atoms with van der Waals surface area (Å²) in [6.45, 7) is 0. The van der Waals surface area contributed by atoms with Crippen LogP contribution in [0.4, 0.5) is 11.4 Å². The molecule has 7 rings (SSSR count). The highest BCUT2D eigenvalue weighted by atomic mass is 35.5.